The van der Waals surface area contributed by atoms with E-state index >= 15 is 0 Å². The first-order valence-corrected chi connectivity index (χ1v) is 7.43. The molecule has 1 heterocycles. The molecule has 2 aromatic rings. The SMILES string of the molecule is O=C(NC[C@@]1(O)CCCc2ccccc21)Nc1cccnc1. The molecule has 5 nitrogen and oxygen atoms in total. The van der Waals surface area contributed by atoms with Gasteiger partial charge in [0.1, 0.15) is 5.60 Å². The summed E-state index contributed by atoms with van der Waals surface area (Å²) in [6.07, 6.45) is 5.76. The second-order valence-electron chi connectivity index (χ2n) is 5.59. The summed E-state index contributed by atoms with van der Waals surface area (Å²) in [4.78, 5) is 15.9. The van der Waals surface area contributed by atoms with Crippen LogP contribution in [0.15, 0.2) is 48.8 Å². The third-order valence-corrected chi connectivity index (χ3v) is 4.02. The minimum absolute atomic E-state index is 0.191. The van der Waals surface area contributed by atoms with Gasteiger partial charge in [0.15, 0.2) is 0 Å². The van der Waals surface area contributed by atoms with Gasteiger partial charge < -0.3 is 15.7 Å². The molecule has 0 unspecified atom stereocenters. The minimum atomic E-state index is -0.999. The summed E-state index contributed by atoms with van der Waals surface area (Å²) >= 11 is 0. The fourth-order valence-electron chi connectivity index (χ4n) is 2.92. The van der Waals surface area contributed by atoms with Gasteiger partial charge in [-0.15, -0.1) is 0 Å². The first kappa shape index (κ1) is 14.5. The Bertz CT molecular complexity index is 660. The summed E-state index contributed by atoms with van der Waals surface area (Å²) in [5.41, 5.74) is 1.70. The Labute approximate surface area is 129 Å². The average Bonchev–Trinajstić information content (AvgIpc) is 2.55. The van der Waals surface area contributed by atoms with Crippen molar-refractivity contribution in [2.75, 3.05) is 11.9 Å². The molecule has 5 heteroatoms. The number of aliphatic hydroxyl groups is 1. The Morgan fingerprint density at radius 1 is 1.27 bits per heavy atom. The Morgan fingerprint density at radius 2 is 2.14 bits per heavy atom. The lowest BCUT2D eigenvalue weighted by Gasteiger charge is -2.34. The maximum absolute atomic E-state index is 11.9. The molecule has 0 saturated carbocycles. The number of anilines is 1. The molecule has 3 rings (SSSR count). The molecule has 1 aliphatic carbocycles. The molecule has 1 aliphatic rings. The lowest BCUT2D eigenvalue weighted by Crippen LogP contribution is -2.44. The van der Waals surface area contributed by atoms with E-state index in [2.05, 4.69) is 15.6 Å². The Kier molecular flexibility index (Phi) is 4.06. The van der Waals surface area contributed by atoms with Crippen molar-refractivity contribution in [1.29, 1.82) is 0 Å². The van der Waals surface area contributed by atoms with Crippen LogP contribution in [0.3, 0.4) is 0 Å². The van der Waals surface area contributed by atoms with Crippen molar-refractivity contribution in [3.05, 3.63) is 59.9 Å². The minimum Gasteiger partial charge on any atom is -0.383 e. The molecule has 0 bridgehead atoms. The lowest BCUT2D eigenvalue weighted by atomic mass is 9.79. The molecular formula is C17H19N3O2. The second kappa shape index (κ2) is 6.15. The summed E-state index contributed by atoms with van der Waals surface area (Å²) in [6.45, 7) is 0.191. The Balaban J connectivity index is 1.65. The van der Waals surface area contributed by atoms with Crippen molar-refractivity contribution in [2.45, 2.75) is 24.9 Å². The van der Waals surface area contributed by atoms with E-state index in [4.69, 9.17) is 0 Å². The smallest absolute Gasteiger partial charge is 0.319 e. The van der Waals surface area contributed by atoms with E-state index in [1.54, 1.807) is 24.5 Å². The number of urea groups is 1. The van der Waals surface area contributed by atoms with Gasteiger partial charge >= 0.3 is 6.03 Å². The third-order valence-electron chi connectivity index (χ3n) is 4.02. The molecule has 22 heavy (non-hydrogen) atoms. The van der Waals surface area contributed by atoms with E-state index in [9.17, 15) is 9.90 Å². The molecule has 1 aromatic heterocycles. The molecule has 0 aliphatic heterocycles. The highest BCUT2D eigenvalue weighted by Gasteiger charge is 2.34. The van der Waals surface area contributed by atoms with Crippen LogP contribution in [0.2, 0.25) is 0 Å². The number of carbonyl (C=O) groups is 1. The van der Waals surface area contributed by atoms with E-state index in [1.165, 1.54) is 0 Å². The number of rotatable bonds is 3. The number of nitrogens with zero attached hydrogens (tertiary/aromatic N) is 1. The van der Waals surface area contributed by atoms with E-state index < -0.39 is 5.60 Å². The van der Waals surface area contributed by atoms with Gasteiger partial charge in [-0.2, -0.15) is 0 Å². The largest absolute Gasteiger partial charge is 0.383 e. The van der Waals surface area contributed by atoms with E-state index in [1.807, 2.05) is 24.3 Å². The topological polar surface area (TPSA) is 74.2 Å². The van der Waals surface area contributed by atoms with Crippen LogP contribution < -0.4 is 10.6 Å². The predicted molar refractivity (Wildman–Crippen MR) is 84.5 cm³/mol. The molecule has 1 atom stereocenters. The van der Waals surface area contributed by atoms with Gasteiger partial charge in [0.25, 0.3) is 0 Å². The predicted octanol–water partition coefficient (Wildman–Crippen LogP) is 2.43. The van der Waals surface area contributed by atoms with E-state index in [0.717, 1.165) is 24.0 Å². The van der Waals surface area contributed by atoms with Gasteiger partial charge in [-0.05, 0) is 42.5 Å². The van der Waals surface area contributed by atoms with Crippen molar-refractivity contribution < 1.29 is 9.90 Å². The first-order chi connectivity index (χ1) is 10.7. The molecule has 114 valence electrons. The third kappa shape index (κ3) is 3.09. The fourth-order valence-corrected chi connectivity index (χ4v) is 2.92. The molecule has 3 N–H and O–H groups in total. The number of hydrogen-bond acceptors (Lipinski definition) is 3. The van der Waals surface area contributed by atoms with Crippen molar-refractivity contribution in [2.24, 2.45) is 0 Å². The Hall–Kier alpha value is -2.40. The van der Waals surface area contributed by atoms with Gasteiger partial charge in [-0.1, -0.05) is 24.3 Å². The van der Waals surface area contributed by atoms with Gasteiger partial charge in [0, 0.05) is 6.20 Å². The average molecular weight is 297 g/mol. The van der Waals surface area contributed by atoms with Crippen LogP contribution in [-0.4, -0.2) is 22.7 Å². The number of pyridine rings is 1. The first-order valence-electron chi connectivity index (χ1n) is 7.43. The van der Waals surface area contributed by atoms with Gasteiger partial charge in [-0.3, -0.25) is 4.98 Å². The number of nitrogens with one attached hydrogen (secondary N) is 2. The standard InChI is InChI=1S/C17H19N3O2/c21-16(20-14-7-4-10-18-11-14)19-12-17(22)9-3-6-13-5-1-2-8-15(13)17/h1-2,4-5,7-8,10-11,22H,3,6,9,12H2,(H2,19,20,21)/t17-/m0/s1. The van der Waals surface area contributed by atoms with Gasteiger partial charge in [-0.25, -0.2) is 4.79 Å². The van der Waals surface area contributed by atoms with Gasteiger partial charge in [0.2, 0.25) is 0 Å². The number of carbonyl (C=O) groups excluding carboxylic acids is 1. The fraction of sp³-hybridized carbons (Fsp3) is 0.294. The zero-order chi connectivity index (χ0) is 15.4. The molecular weight excluding hydrogens is 278 g/mol. The number of benzene rings is 1. The number of aryl methyl sites for hydroxylation is 1. The summed E-state index contributed by atoms with van der Waals surface area (Å²) < 4.78 is 0. The Morgan fingerprint density at radius 3 is 2.95 bits per heavy atom. The zero-order valence-corrected chi connectivity index (χ0v) is 12.2. The summed E-state index contributed by atoms with van der Waals surface area (Å²) in [7, 11) is 0. The number of fused-ring (bicyclic) bond motifs is 1. The molecule has 2 amide bonds. The monoisotopic (exact) mass is 297 g/mol. The molecule has 0 radical (unpaired) electrons. The van der Waals surface area contributed by atoms with Crippen molar-refractivity contribution in [3.8, 4) is 0 Å². The number of amides is 2. The van der Waals surface area contributed by atoms with Crippen molar-refractivity contribution >= 4 is 11.7 Å². The lowest BCUT2D eigenvalue weighted by molar-refractivity contribution is 0.0221. The highest BCUT2D eigenvalue weighted by Crippen LogP contribution is 2.34. The maximum atomic E-state index is 11.9. The van der Waals surface area contributed by atoms with E-state index in [0.29, 0.717) is 12.1 Å². The van der Waals surface area contributed by atoms with Gasteiger partial charge in [0.05, 0.1) is 18.4 Å². The zero-order valence-electron chi connectivity index (χ0n) is 12.2. The maximum Gasteiger partial charge on any atom is 0.319 e. The molecule has 0 saturated heterocycles. The van der Waals surface area contributed by atoms with Crippen molar-refractivity contribution in [3.63, 3.8) is 0 Å². The molecule has 0 spiro atoms. The van der Waals surface area contributed by atoms with Crippen LogP contribution in [0.25, 0.3) is 0 Å². The van der Waals surface area contributed by atoms with Crippen LogP contribution in [0.5, 0.6) is 0 Å². The normalized spacial score (nSPS) is 20.0. The summed E-state index contributed by atoms with van der Waals surface area (Å²) in [6, 6.07) is 11.0. The van der Waals surface area contributed by atoms with Crippen LogP contribution in [0.4, 0.5) is 10.5 Å². The van der Waals surface area contributed by atoms with E-state index in [-0.39, 0.29) is 12.6 Å². The second-order valence-corrected chi connectivity index (χ2v) is 5.59. The van der Waals surface area contributed by atoms with Crippen LogP contribution >= 0.6 is 0 Å². The summed E-state index contributed by atoms with van der Waals surface area (Å²) in [5, 5.41) is 16.3. The highest BCUT2D eigenvalue weighted by atomic mass is 16.3. The van der Waals surface area contributed by atoms with Crippen LogP contribution in [0, 0.1) is 0 Å². The quantitative estimate of drug-likeness (QED) is 0.814. The number of aromatic nitrogens is 1. The number of hydrogen-bond donors (Lipinski definition) is 3. The molecule has 0 fully saturated rings. The highest BCUT2D eigenvalue weighted by molar-refractivity contribution is 5.89. The van der Waals surface area contributed by atoms with Crippen molar-refractivity contribution in [1.82, 2.24) is 10.3 Å². The van der Waals surface area contributed by atoms with Crippen LogP contribution in [0.1, 0.15) is 24.0 Å². The van der Waals surface area contributed by atoms with Crippen LogP contribution in [-0.2, 0) is 12.0 Å². The molecule has 1 aromatic carbocycles. The summed E-state index contributed by atoms with van der Waals surface area (Å²) in [5.74, 6) is 0.